The Labute approximate surface area is 88.8 Å². The molecule has 2 bridgehead atoms. The van der Waals surface area contributed by atoms with Gasteiger partial charge in [-0.2, -0.15) is 0 Å². The molecule has 0 radical (unpaired) electrons. The highest BCUT2D eigenvalue weighted by molar-refractivity contribution is 5.54. The average molecular weight is 203 g/mol. The summed E-state index contributed by atoms with van der Waals surface area (Å²) in [6.07, 6.45) is 6.10. The molecule has 1 saturated heterocycles. The topological polar surface area (TPSA) is 30.5 Å². The molecule has 3 rings (SSSR count). The van der Waals surface area contributed by atoms with E-state index < -0.39 is 0 Å². The van der Waals surface area contributed by atoms with Gasteiger partial charge in [0.15, 0.2) is 6.79 Å². The highest BCUT2D eigenvalue weighted by Gasteiger charge is 2.26. The molecule has 3 nitrogen and oxygen atoms in total. The van der Waals surface area contributed by atoms with Crippen molar-refractivity contribution in [3.63, 3.8) is 0 Å². The van der Waals surface area contributed by atoms with E-state index in [2.05, 4.69) is 18.0 Å². The number of hydrogen-bond acceptors (Lipinski definition) is 3. The van der Waals surface area contributed by atoms with E-state index in [9.17, 15) is 0 Å². The summed E-state index contributed by atoms with van der Waals surface area (Å²) < 4.78 is 11.0. The monoisotopic (exact) mass is 203 g/mol. The summed E-state index contributed by atoms with van der Waals surface area (Å²) in [5.41, 5.74) is 3.72. The second-order valence-electron chi connectivity index (χ2n) is 3.82. The molecule has 0 spiro atoms. The first kappa shape index (κ1) is 8.95. The van der Waals surface area contributed by atoms with Crippen molar-refractivity contribution in [2.45, 2.75) is 6.10 Å². The molecule has 2 heterocycles. The summed E-state index contributed by atoms with van der Waals surface area (Å²) in [4.78, 5) is 0. The zero-order valence-electron chi connectivity index (χ0n) is 8.45. The fourth-order valence-electron chi connectivity index (χ4n) is 2.23. The highest BCUT2D eigenvalue weighted by atomic mass is 16.7. The second-order valence-corrected chi connectivity index (χ2v) is 3.82. The van der Waals surface area contributed by atoms with Crippen molar-refractivity contribution in [3.05, 3.63) is 47.3 Å². The Morgan fingerprint density at radius 1 is 1.40 bits per heavy atom. The summed E-state index contributed by atoms with van der Waals surface area (Å²) in [5.74, 6) is 0.909. The first-order chi connectivity index (χ1) is 7.38. The van der Waals surface area contributed by atoms with E-state index in [1.54, 1.807) is 0 Å². The minimum Gasteiger partial charge on any atom is -0.467 e. The average Bonchev–Trinajstić information content (AvgIpc) is 2.65. The lowest BCUT2D eigenvalue weighted by molar-refractivity contribution is -0.0509. The zero-order valence-corrected chi connectivity index (χ0v) is 8.45. The molecular formula is C12H13NO2. The maximum absolute atomic E-state index is 5.49. The van der Waals surface area contributed by atoms with Crippen molar-refractivity contribution >= 4 is 0 Å². The molecule has 2 aliphatic heterocycles. The van der Waals surface area contributed by atoms with Gasteiger partial charge in [0.25, 0.3) is 0 Å². The standard InChI is InChI=1S/C12H13NO2/c1-2-10-11-6-13-5-8(11)3-9-4-12(10)15-7-14-9/h2-4,9,13H,1,5-7H2. The van der Waals surface area contributed by atoms with Gasteiger partial charge in [-0.15, -0.1) is 0 Å². The van der Waals surface area contributed by atoms with Crippen molar-refractivity contribution in [1.29, 1.82) is 0 Å². The van der Waals surface area contributed by atoms with Crippen LogP contribution in [0.15, 0.2) is 47.3 Å². The van der Waals surface area contributed by atoms with E-state index in [4.69, 9.17) is 9.47 Å². The molecule has 0 amide bonds. The molecule has 1 unspecified atom stereocenters. The summed E-state index contributed by atoms with van der Waals surface area (Å²) in [7, 11) is 0. The van der Waals surface area contributed by atoms with Gasteiger partial charge in [0.1, 0.15) is 11.9 Å². The van der Waals surface area contributed by atoms with E-state index in [0.717, 1.165) is 24.4 Å². The van der Waals surface area contributed by atoms with Gasteiger partial charge in [-0.1, -0.05) is 12.7 Å². The van der Waals surface area contributed by atoms with Gasteiger partial charge in [0.05, 0.1) is 0 Å². The Kier molecular flexibility index (Phi) is 2.01. The Hall–Kier alpha value is -1.32. The van der Waals surface area contributed by atoms with Gasteiger partial charge in [0.2, 0.25) is 0 Å². The van der Waals surface area contributed by atoms with Crippen molar-refractivity contribution in [1.82, 2.24) is 5.32 Å². The van der Waals surface area contributed by atoms with Gasteiger partial charge in [0, 0.05) is 18.7 Å². The smallest absolute Gasteiger partial charge is 0.190 e. The fourth-order valence-corrected chi connectivity index (χ4v) is 2.23. The predicted molar refractivity (Wildman–Crippen MR) is 57.1 cm³/mol. The van der Waals surface area contributed by atoms with Crippen LogP contribution in [-0.4, -0.2) is 26.0 Å². The maximum atomic E-state index is 5.49. The Morgan fingerprint density at radius 2 is 2.33 bits per heavy atom. The summed E-state index contributed by atoms with van der Waals surface area (Å²) in [6, 6.07) is 0. The molecule has 1 N–H and O–H groups in total. The highest BCUT2D eigenvalue weighted by Crippen LogP contribution is 2.31. The normalized spacial score (nSPS) is 28.7. The van der Waals surface area contributed by atoms with Crippen LogP contribution in [0.5, 0.6) is 0 Å². The Bertz CT molecular complexity index is 404. The molecule has 1 atom stereocenters. The van der Waals surface area contributed by atoms with Crippen LogP contribution in [0, 0.1) is 0 Å². The van der Waals surface area contributed by atoms with Gasteiger partial charge in [-0.3, -0.25) is 0 Å². The van der Waals surface area contributed by atoms with Gasteiger partial charge >= 0.3 is 0 Å². The molecule has 0 saturated carbocycles. The van der Waals surface area contributed by atoms with Crippen LogP contribution in [0.25, 0.3) is 0 Å². The van der Waals surface area contributed by atoms with E-state index in [-0.39, 0.29) is 6.10 Å². The van der Waals surface area contributed by atoms with Crippen molar-refractivity contribution < 1.29 is 9.47 Å². The largest absolute Gasteiger partial charge is 0.467 e. The van der Waals surface area contributed by atoms with Gasteiger partial charge in [-0.05, 0) is 23.3 Å². The van der Waals surface area contributed by atoms with Gasteiger partial charge in [-0.25, -0.2) is 0 Å². The number of ether oxygens (including phenoxy) is 2. The van der Waals surface area contributed by atoms with Crippen LogP contribution in [-0.2, 0) is 9.47 Å². The summed E-state index contributed by atoms with van der Waals surface area (Å²) >= 11 is 0. The lowest BCUT2D eigenvalue weighted by Gasteiger charge is -2.20. The molecule has 0 aromatic heterocycles. The minimum absolute atomic E-state index is 0.0519. The van der Waals surface area contributed by atoms with Crippen LogP contribution < -0.4 is 5.32 Å². The Morgan fingerprint density at radius 3 is 3.20 bits per heavy atom. The van der Waals surface area contributed by atoms with Gasteiger partial charge < -0.3 is 14.8 Å². The number of hydrogen-bond donors (Lipinski definition) is 1. The van der Waals surface area contributed by atoms with E-state index in [1.165, 1.54) is 11.1 Å². The summed E-state index contributed by atoms with van der Waals surface area (Å²) in [5, 5.41) is 3.33. The minimum atomic E-state index is 0.0519. The van der Waals surface area contributed by atoms with Crippen molar-refractivity contribution in [2.75, 3.05) is 19.9 Å². The molecule has 78 valence electrons. The van der Waals surface area contributed by atoms with Crippen LogP contribution in [0.1, 0.15) is 0 Å². The molecule has 15 heavy (non-hydrogen) atoms. The molecule has 3 aliphatic rings. The number of fused-ring (bicyclic) bond motifs is 2. The quantitative estimate of drug-likeness (QED) is 0.696. The lowest BCUT2D eigenvalue weighted by atomic mass is 10.0. The SMILES string of the molecule is C=CC1=C2CNCC2=CC2C=C1OCO2. The second kappa shape index (κ2) is 3.36. The maximum Gasteiger partial charge on any atom is 0.190 e. The third-order valence-electron chi connectivity index (χ3n) is 2.96. The van der Waals surface area contributed by atoms with Crippen LogP contribution in [0.3, 0.4) is 0 Å². The first-order valence-corrected chi connectivity index (χ1v) is 5.12. The molecule has 0 aromatic carbocycles. The zero-order chi connectivity index (χ0) is 10.3. The molecule has 1 fully saturated rings. The van der Waals surface area contributed by atoms with E-state index in [1.807, 2.05) is 12.2 Å². The third kappa shape index (κ3) is 1.35. The third-order valence-corrected chi connectivity index (χ3v) is 2.96. The van der Waals surface area contributed by atoms with Crippen LogP contribution in [0.2, 0.25) is 0 Å². The Balaban J connectivity index is 2.16. The molecule has 0 aromatic rings. The van der Waals surface area contributed by atoms with Crippen molar-refractivity contribution in [2.24, 2.45) is 0 Å². The van der Waals surface area contributed by atoms with Crippen LogP contribution in [0.4, 0.5) is 0 Å². The fraction of sp³-hybridized carbons (Fsp3) is 0.333. The van der Waals surface area contributed by atoms with Crippen molar-refractivity contribution in [3.8, 4) is 0 Å². The van der Waals surface area contributed by atoms with E-state index >= 15 is 0 Å². The van der Waals surface area contributed by atoms with E-state index in [0.29, 0.717) is 6.79 Å². The lowest BCUT2D eigenvalue weighted by Crippen LogP contribution is -2.17. The van der Waals surface area contributed by atoms with Crippen LogP contribution >= 0.6 is 0 Å². The number of nitrogens with one attached hydrogen (secondary N) is 1. The first-order valence-electron chi connectivity index (χ1n) is 5.12. The predicted octanol–water partition coefficient (Wildman–Crippen LogP) is 1.27. The molecule has 1 aliphatic carbocycles. The summed E-state index contributed by atoms with van der Waals surface area (Å²) in [6.45, 7) is 5.99. The molecule has 3 heteroatoms. The number of allylic oxidation sites excluding steroid dienone is 1. The molecular weight excluding hydrogens is 190 g/mol. The number of rotatable bonds is 1.